The van der Waals surface area contributed by atoms with Crippen LogP contribution in [0.2, 0.25) is 0 Å². The van der Waals surface area contributed by atoms with E-state index in [0.29, 0.717) is 50.2 Å². The van der Waals surface area contributed by atoms with E-state index in [0.717, 1.165) is 5.56 Å². The fourth-order valence-electron chi connectivity index (χ4n) is 4.17. The molecule has 12 nitrogen and oxygen atoms in total. The first kappa shape index (κ1) is 36.8. The Hall–Kier alpha value is -3.42. The zero-order valence-electron chi connectivity index (χ0n) is 26.2. The Balaban J connectivity index is 1.74. The summed E-state index contributed by atoms with van der Waals surface area (Å²) in [6, 6.07) is 9.20. The predicted molar refractivity (Wildman–Crippen MR) is 161 cm³/mol. The van der Waals surface area contributed by atoms with Crippen LogP contribution in [-0.2, 0) is 58.8 Å². The Morgan fingerprint density at radius 3 is 2.02 bits per heavy atom. The Morgan fingerprint density at radius 1 is 0.795 bits per heavy atom. The standard InChI is InChI=1S/C32H47NO11/c1-22(2)33-29-31(42-23(3)4)30(43-26(7)35)28(21-41-25(6)34)44-32(29)39-18-17-37-14-13-36-15-16-38-19-24(5)40-20-27-11-9-8-10-12-27/h8-12,28-33H,1,3,5,13-21H2,2,4,6-7H3/t28-,29-,30+,31-,32-/m1/s1. The summed E-state index contributed by atoms with van der Waals surface area (Å²) in [4.78, 5) is 23.4. The third kappa shape index (κ3) is 14.8. The molecule has 0 unspecified atom stereocenters. The van der Waals surface area contributed by atoms with Gasteiger partial charge in [-0.15, -0.1) is 0 Å². The highest BCUT2D eigenvalue weighted by atomic mass is 16.7. The van der Waals surface area contributed by atoms with Gasteiger partial charge in [-0.2, -0.15) is 0 Å². The minimum Gasteiger partial charge on any atom is -0.491 e. The molecule has 1 fully saturated rings. The van der Waals surface area contributed by atoms with Crippen LogP contribution >= 0.6 is 0 Å². The first-order valence-corrected chi connectivity index (χ1v) is 14.5. The van der Waals surface area contributed by atoms with E-state index < -0.39 is 42.6 Å². The minimum absolute atomic E-state index is 0.171. The van der Waals surface area contributed by atoms with Gasteiger partial charge in [0.15, 0.2) is 18.5 Å². The molecule has 1 aromatic rings. The van der Waals surface area contributed by atoms with Crippen LogP contribution in [0.15, 0.2) is 67.3 Å². The second-order valence-electron chi connectivity index (χ2n) is 10.1. The van der Waals surface area contributed by atoms with Gasteiger partial charge in [0.2, 0.25) is 0 Å². The Morgan fingerprint density at radius 2 is 1.43 bits per heavy atom. The van der Waals surface area contributed by atoms with E-state index in [9.17, 15) is 9.59 Å². The molecule has 44 heavy (non-hydrogen) atoms. The third-order valence-electron chi connectivity index (χ3n) is 5.95. The number of hydrogen-bond acceptors (Lipinski definition) is 12. The van der Waals surface area contributed by atoms with E-state index in [4.69, 9.17) is 42.6 Å². The van der Waals surface area contributed by atoms with Crippen LogP contribution in [0, 0.1) is 0 Å². The van der Waals surface area contributed by atoms with Gasteiger partial charge in [0.1, 0.15) is 37.7 Å². The number of carbonyl (C=O) groups is 2. The van der Waals surface area contributed by atoms with Gasteiger partial charge in [-0.1, -0.05) is 50.1 Å². The van der Waals surface area contributed by atoms with E-state index >= 15 is 0 Å². The molecule has 0 aromatic heterocycles. The molecule has 0 aliphatic carbocycles. The van der Waals surface area contributed by atoms with E-state index in [-0.39, 0.29) is 26.4 Å². The quantitative estimate of drug-likeness (QED) is 0.116. The van der Waals surface area contributed by atoms with Crippen molar-refractivity contribution in [1.29, 1.82) is 0 Å². The maximum Gasteiger partial charge on any atom is 0.303 e. The molecular formula is C32H47NO11. The van der Waals surface area contributed by atoms with E-state index in [1.165, 1.54) is 13.8 Å². The smallest absolute Gasteiger partial charge is 0.303 e. The van der Waals surface area contributed by atoms with Gasteiger partial charge in [-0.3, -0.25) is 9.59 Å². The summed E-state index contributed by atoms with van der Waals surface area (Å²) in [7, 11) is 0. The second kappa shape index (κ2) is 20.5. The average Bonchev–Trinajstić information content (AvgIpc) is 2.96. The fourth-order valence-corrected chi connectivity index (χ4v) is 4.17. The number of hydrogen-bond donors (Lipinski definition) is 1. The van der Waals surface area contributed by atoms with Crippen molar-refractivity contribution in [3.63, 3.8) is 0 Å². The molecule has 1 N–H and O–H groups in total. The second-order valence-corrected chi connectivity index (χ2v) is 10.1. The van der Waals surface area contributed by atoms with E-state index in [2.05, 4.69) is 25.1 Å². The molecule has 1 saturated heterocycles. The van der Waals surface area contributed by atoms with Crippen LogP contribution in [0.5, 0.6) is 0 Å². The Bertz CT molecular complexity index is 1050. The number of benzene rings is 1. The molecule has 1 aliphatic rings. The third-order valence-corrected chi connectivity index (χ3v) is 5.95. The number of rotatable bonds is 22. The predicted octanol–water partition coefficient (Wildman–Crippen LogP) is 3.41. The Labute approximate surface area is 260 Å². The minimum atomic E-state index is -0.919. The van der Waals surface area contributed by atoms with Crippen molar-refractivity contribution >= 4 is 11.9 Å². The first-order valence-electron chi connectivity index (χ1n) is 14.5. The monoisotopic (exact) mass is 621 g/mol. The van der Waals surface area contributed by atoms with Gasteiger partial charge in [0.25, 0.3) is 0 Å². The van der Waals surface area contributed by atoms with Crippen LogP contribution < -0.4 is 5.32 Å². The van der Waals surface area contributed by atoms with Gasteiger partial charge >= 0.3 is 11.9 Å². The van der Waals surface area contributed by atoms with Crippen molar-refractivity contribution in [3.8, 4) is 0 Å². The SMILES string of the molecule is C=C(C)N[C@H]1[C@H](OCCOCCOCCOCC(=C)OCc2ccccc2)O[C@H](COC(C)=O)[C@H](OC(C)=O)[C@@H]1OC(=C)C. The summed E-state index contributed by atoms with van der Waals surface area (Å²) in [5, 5.41) is 3.19. The van der Waals surface area contributed by atoms with Gasteiger partial charge < -0.3 is 47.9 Å². The average molecular weight is 622 g/mol. The van der Waals surface area contributed by atoms with Crippen molar-refractivity contribution in [3.05, 3.63) is 72.8 Å². The van der Waals surface area contributed by atoms with E-state index in [1.54, 1.807) is 13.8 Å². The highest BCUT2D eigenvalue weighted by Crippen LogP contribution is 2.29. The number of nitrogens with one attached hydrogen (secondary N) is 1. The van der Waals surface area contributed by atoms with Crippen molar-refractivity contribution in [2.24, 2.45) is 0 Å². The normalized spacial score (nSPS) is 21.1. The van der Waals surface area contributed by atoms with Crippen molar-refractivity contribution in [1.82, 2.24) is 5.32 Å². The van der Waals surface area contributed by atoms with Crippen LogP contribution in [0.4, 0.5) is 0 Å². The molecule has 1 aliphatic heterocycles. The summed E-state index contributed by atoms with van der Waals surface area (Å²) in [6.45, 7) is 20.1. The van der Waals surface area contributed by atoms with Crippen molar-refractivity contribution in [2.75, 3.05) is 52.9 Å². The lowest BCUT2D eigenvalue weighted by molar-refractivity contribution is -0.278. The summed E-state index contributed by atoms with van der Waals surface area (Å²) in [6.07, 6.45) is -3.44. The lowest BCUT2D eigenvalue weighted by Crippen LogP contribution is -2.65. The molecule has 5 atom stereocenters. The zero-order chi connectivity index (χ0) is 32.3. The molecule has 2 rings (SSSR count). The van der Waals surface area contributed by atoms with Gasteiger partial charge in [0.05, 0.1) is 45.4 Å². The lowest BCUT2D eigenvalue weighted by Gasteiger charge is -2.46. The van der Waals surface area contributed by atoms with Crippen molar-refractivity contribution in [2.45, 2.75) is 64.9 Å². The molecule has 0 saturated carbocycles. The van der Waals surface area contributed by atoms with Gasteiger partial charge in [0, 0.05) is 19.5 Å². The van der Waals surface area contributed by atoms with Gasteiger partial charge in [-0.05, 0) is 19.4 Å². The van der Waals surface area contributed by atoms with Crippen LogP contribution in [0.3, 0.4) is 0 Å². The Kier molecular flexibility index (Phi) is 17.1. The summed E-state index contributed by atoms with van der Waals surface area (Å²) < 4.78 is 51.1. The molecule has 0 radical (unpaired) electrons. The number of esters is 2. The molecule has 0 amide bonds. The molecular weight excluding hydrogens is 574 g/mol. The molecule has 246 valence electrons. The molecule has 12 heteroatoms. The molecule has 0 spiro atoms. The zero-order valence-corrected chi connectivity index (χ0v) is 26.2. The maximum atomic E-state index is 11.9. The number of allylic oxidation sites excluding steroid dienone is 2. The number of ether oxygens (including phenoxy) is 9. The fraction of sp³-hybridized carbons (Fsp3) is 0.562. The summed E-state index contributed by atoms with van der Waals surface area (Å²) >= 11 is 0. The molecule has 1 aromatic carbocycles. The first-order chi connectivity index (χ1) is 21.1. The molecule has 1 heterocycles. The number of carbonyl (C=O) groups excluding carboxylic acids is 2. The van der Waals surface area contributed by atoms with Crippen molar-refractivity contribution < 1.29 is 52.2 Å². The topological polar surface area (TPSA) is 129 Å². The lowest BCUT2D eigenvalue weighted by atomic mass is 9.96. The van der Waals surface area contributed by atoms with Crippen LogP contribution in [0.25, 0.3) is 0 Å². The molecule has 0 bridgehead atoms. The van der Waals surface area contributed by atoms with Crippen LogP contribution in [-0.4, -0.2) is 95.4 Å². The maximum absolute atomic E-state index is 11.9. The van der Waals surface area contributed by atoms with E-state index in [1.807, 2.05) is 30.3 Å². The summed E-state index contributed by atoms with van der Waals surface area (Å²) in [5.41, 5.74) is 1.68. The largest absolute Gasteiger partial charge is 0.491 e. The highest BCUT2D eigenvalue weighted by molar-refractivity contribution is 5.66. The van der Waals surface area contributed by atoms with Gasteiger partial charge in [-0.25, -0.2) is 0 Å². The van der Waals surface area contributed by atoms with Crippen LogP contribution in [0.1, 0.15) is 33.3 Å². The summed E-state index contributed by atoms with van der Waals surface area (Å²) in [5.74, 6) is -0.108. The highest BCUT2D eigenvalue weighted by Gasteiger charge is 2.50.